The molecule has 0 spiro atoms. The molecule has 0 bridgehead atoms. The quantitative estimate of drug-likeness (QED) is 0.199. The van der Waals surface area contributed by atoms with Gasteiger partial charge in [-0.1, -0.05) is 59.5 Å². The van der Waals surface area contributed by atoms with Gasteiger partial charge in [-0.05, 0) is 32.6 Å². The molecule has 0 N–H and O–H groups in total. The van der Waals surface area contributed by atoms with Gasteiger partial charge in [-0.15, -0.1) is 0 Å². The minimum atomic E-state index is -3.38. The average Bonchev–Trinajstić information content (AvgIpc) is 2.59. The lowest BCUT2D eigenvalue weighted by Crippen LogP contribution is -2.50. The molecule has 172 valence electrons. The van der Waals surface area contributed by atoms with Crippen LogP contribution in [0.15, 0.2) is 11.5 Å². The summed E-state index contributed by atoms with van der Waals surface area (Å²) in [6.45, 7) is 16.6. The summed E-state index contributed by atoms with van der Waals surface area (Å²) in [4.78, 5) is 0. The summed E-state index contributed by atoms with van der Waals surface area (Å²) in [5.41, 5.74) is 0. The first kappa shape index (κ1) is 33.3. The van der Waals surface area contributed by atoms with E-state index in [1.54, 1.807) is 6.92 Å². The number of hydrogen-bond donors (Lipinski definition) is 0. The molecule has 0 unspecified atom stereocenters. The van der Waals surface area contributed by atoms with Gasteiger partial charge in [0.2, 0.25) is 9.23 Å². The second kappa shape index (κ2) is 22.4. The van der Waals surface area contributed by atoms with Gasteiger partial charge in [0.1, 0.15) is 0 Å². The maximum absolute atomic E-state index is 9.91. The molecule has 0 radical (unpaired) electrons. The fourth-order valence-electron chi connectivity index (χ4n) is 2.81. The maximum atomic E-state index is 9.91. The molecule has 0 aliphatic rings. The average molecular weight is 502 g/mol. The van der Waals surface area contributed by atoms with E-state index in [9.17, 15) is 8.42 Å². The van der Waals surface area contributed by atoms with Crippen LogP contribution in [0.5, 0.6) is 0 Å². The summed E-state index contributed by atoms with van der Waals surface area (Å²) in [7, 11) is 8.69. The largest absolute Gasteiger partial charge is 0.324 e. The van der Waals surface area contributed by atoms with Crippen molar-refractivity contribution in [3.05, 3.63) is 11.5 Å². The van der Waals surface area contributed by atoms with E-state index in [0.29, 0.717) is 0 Å². The summed E-state index contributed by atoms with van der Waals surface area (Å²) in [6, 6.07) is 0. The molecule has 0 aromatic heterocycles. The van der Waals surface area contributed by atoms with Crippen LogP contribution in [0, 0.1) is 0 Å². The molecule has 0 aliphatic carbocycles. The standard InChI is InChI=1S/C16H36N.C3H5ClO2S.Cl2OS/c1-5-9-13-17(14-10-6-2,15-11-7-3)16-12-8-4;1-2-3-7(4,5)6;1-4(2)3/h5-16H2,1-4H3;2-3H,1H3;/q+1;;/b;3-2+;. The van der Waals surface area contributed by atoms with Gasteiger partial charge < -0.3 is 4.48 Å². The summed E-state index contributed by atoms with van der Waals surface area (Å²) in [6.07, 6.45) is 12.4. The van der Waals surface area contributed by atoms with E-state index in [0.717, 1.165) is 5.41 Å². The summed E-state index contributed by atoms with van der Waals surface area (Å²) >= 11 is 0. The molecule has 0 atom stereocenters. The minimum Gasteiger partial charge on any atom is -0.324 e. The fourth-order valence-corrected chi connectivity index (χ4v) is 3.44. The Morgan fingerprint density at radius 3 is 1.14 bits per heavy atom. The first-order valence-corrected chi connectivity index (χ1v) is 15.4. The highest BCUT2D eigenvalue weighted by molar-refractivity contribution is 8.26. The van der Waals surface area contributed by atoms with Gasteiger partial charge in [-0.25, -0.2) is 12.6 Å². The van der Waals surface area contributed by atoms with E-state index >= 15 is 0 Å². The number of rotatable bonds is 13. The van der Waals surface area contributed by atoms with Crippen LogP contribution in [0.4, 0.5) is 0 Å². The van der Waals surface area contributed by atoms with Crippen LogP contribution in [0.3, 0.4) is 0 Å². The molecule has 0 aromatic rings. The molecule has 4 nitrogen and oxygen atoms in total. The van der Waals surface area contributed by atoms with Crippen LogP contribution >= 0.6 is 32.0 Å². The van der Waals surface area contributed by atoms with Crippen molar-refractivity contribution in [3.8, 4) is 0 Å². The zero-order valence-corrected chi connectivity index (χ0v) is 22.2. The Morgan fingerprint density at radius 1 is 0.786 bits per heavy atom. The Bertz CT molecular complexity index is 445. The number of nitrogens with zero attached hydrogens (tertiary/aromatic N) is 1. The molecule has 0 saturated heterocycles. The normalized spacial score (nSPS) is 11.8. The number of hydrogen-bond acceptors (Lipinski definition) is 3. The lowest BCUT2D eigenvalue weighted by molar-refractivity contribution is -0.929. The predicted octanol–water partition coefficient (Wildman–Crippen LogP) is 7.13. The zero-order valence-electron chi connectivity index (χ0n) is 18.3. The number of allylic oxidation sites excluding steroid dienone is 1. The number of halogens is 3. The van der Waals surface area contributed by atoms with Gasteiger partial charge in [-0.3, -0.25) is 0 Å². The molecule has 0 aliphatic heterocycles. The Hall–Kier alpha value is 0.670. The van der Waals surface area contributed by atoms with E-state index in [-0.39, 0.29) is 0 Å². The first-order valence-electron chi connectivity index (χ1n) is 10.2. The van der Waals surface area contributed by atoms with Crippen molar-refractivity contribution in [2.45, 2.75) is 86.0 Å². The molecule has 0 aromatic carbocycles. The van der Waals surface area contributed by atoms with Crippen LogP contribution in [0.1, 0.15) is 86.0 Å². The molecule has 0 rings (SSSR count). The van der Waals surface area contributed by atoms with Gasteiger partial charge in [0.15, 0.2) is 0 Å². The van der Waals surface area contributed by atoms with Crippen molar-refractivity contribution in [3.63, 3.8) is 0 Å². The second-order valence-electron chi connectivity index (χ2n) is 6.78. The first-order chi connectivity index (χ1) is 13.0. The van der Waals surface area contributed by atoms with Gasteiger partial charge in [0.25, 0.3) is 9.05 Å². The van der Waals surface area contributed by atoms with Crippen LogP contribution in [-0.2, 0) is 18.3 Å². The number of quaternary nitrogens is 1. The molecular formula is C19H41Cl3NO3S2+. The molecular weight excluding hydrogens is 461 g/mol. The van der Waals surface area contributed by atoms with E-state index in [1.165, 1.54) is 88.1 Å². The zero-order chi connectivity index (χ0) is 22.5. The molecule has 0 heterocycles. The lowest BCUT2D eigenvalue weighted by Gasteiger charge is -2.39. The predicted molar refractivity (Wildman–Crippen MR) is 129 cm³/mol. The van der Waals surface area contributed by atoms with Crippen LogP contribution in [0.25, 0.3) is 0 Å². The topological polar surface area (TPSA) is 51.2 Å². The summed E-state index contributed by atoms with van der Waals surface area (Å²) < 4.78 is 30.3. The Kier molecular flexibility index (Phi) is 26.6. The smallest absolute Gasteiger partial charge is 0.254 e. The summed E-state index contributed by atoms with van der Waals surface area (Å²) in [5, 5.41) is 0.925. The third-order valence-electron chi connectivity index (χ3n) is 4.24. The monoisotopic (exact) mass is 500 g/mol. The van der Waals surface area contributed by atoms with Gasteiger partial charge in [0.05, 0.1) is 26.2 Å². The minimum absolute atomic E-state index is 0.925. The van der Waals surface area contributed by atoms with Crippen LogP contribution in [-0.4, -0.2) is 43.3 Å². The van der Waals surface area contributed by atoms with E-state index < -0.39 is 18.3 Å². The van der Waals surface area contributed by atoms with E-state index in [2.05, 4.69) is 49.1 Å². The van der Waals surface area contributed by atoms with Crippen molar-refractivity contribution in [2.75, 3.05) is 26.2 Å². The molecule has 9 heteroatoms. The van der Waals surface area contributed by atoms with Crippen molar-refractivity contribution < 1.29 is 17.1 Å². The Morgan fingerprint density at radius 2 is 1.04 bits per heavy atom. The van der Waals surface area contributed by atoms with Crippen molar-refractivity contribution in [1.29, 1.82) is 0 Å². The molecule has 0 amide bonds. The summed E-state index contributed by atoms with van der Waals surface area (Å²) in [5.74, 6) is 0. The lowest BCUT2D eigenvalue weighted by atomic mass is 10.1. The maximum Gasteiger partial charge on any atom is 0.254 e. The molecule has 28 heavy (non-hydrogen) atoms. The van der Waals surface area contributed by atoms with Crippen molar-refractivity contribution in [2.24, 2.45) is 0 Å². The second-order valence-corrected chi connectivity index (χ2v) is 11.8. The van der Waals surface area contributed by atoms with Gasteiger partial charge in [0, 0.05) is 37.5 Å². The highest BCUT2D eigenvalue weighted by Gasteiger charge is 2.24. The Balaban J connectivity index is -0.000000466. The van der Waals surface area contributed by atoms with Gasteiger partial charge >= 0.3 is 0 Å². The fraction of sp³-hybridized carbons (Fsp3) is 0.895. The van der Waals surface area contributed by atoms with Gasteiger partial charge in [-0.2, -0.15) is 0 Å². The SMILES string of the molecule is C/C=C/S(=O)(=O)Cl.CCCC[N+](CCCC)(CCCC)CCCC.O=S(Cl)Cl. The van der Waals surface area contributed by atoms with Crippen LogP contribution in [0.2, 0.25) is 0 Å². The third-order valence-corrected chi connectivity index (χ3v) is 5.15. The van der Waals surface area contributed by atoms with Crippen molar-refractivity contribution >= 4 is 50.3 Å². The molecule has 0 fully saturated rings. The highest BCUT2D eigenvalue weighted by Crippen LogP contribution is 2.16. The third kappa shape index (κ3) is 28.9. The van der Waals surface area contributed by atoms with E-state index in [1.807, 2.05) is 0 Å². The number of unbranched alkanes of at least 4 members (excludes halogenated alkanes) is 4. The van der Waals surface area contributed by atoms with Crippen molar-refractivity contribution in [1.82, 2.24) is 0 Å². The molecule has 0 saturated carbocycles. The van der Waals surface area contributed by atoms with Crippen LogP contribution < -0.4 is 0 Å². The van der Waals surface area contributed by atoms with E-state index in [4.69, 9.17) is 14.9 Å². The Labute approximate surface area is 190 Å². The highest BCUT2D eigenvalue weighted by atomic mass is 36.0.